The van der Waals surface area contributed by atoms with Crippen molar-refractivity contribution in [2.24, 2.45) is 0 Å². The van der Waals surface area contributed by atoms with Gasteiger partial charge in [-0.3, -0.25) is 9.69 Å². The van der Waals surface area contributed by atoms with Crippen molar-refractivity contribution in [2.45, 2.75) is 25.9 Å². The number of nitrogens with zero attached hydrogens (tertiary/aromatic N) is 1. The summed E-state index contributed by atoms with van der Waals surface area (Å²) in [5.41, 5.74) is 1.14. The van der Waals surface area contributed by atoms with Crippen LogP contribution in [0.5, 0.6) is 0 Å². The van der Waals surface area contributed by atoms with E-state index in [1.165, 1.54) is 10.8 Å². The molecule has 23 heavy (non-hydrogen) atoms. The second-order valence-electron chi connectivity index (χ2n) is 6.42. The van der Waals surface area contributed by atoms with E-state index in [0.717, 1.165) is 25.2 Å². The normalized spacial score (nSPS) is 20.3. The Morgan fingerprint density at radius 1 is 1.30 bits per heavy atom. The van der Waals surface area contributed by atoms with Gasteiger partial charge in [0.2, 0.25) is 5.91 Å². The average Bonchev–Trinajstić information content (AvgIpc) is 2.56. The smallest absolute Gasteiger partial charge is 0.234 e. The quantitative estimate of drug-likeness (QED) is 0.911. The molecule has 0 radical (unpaired) electrons. The summed E-state index contributed by atoms with van der Waals surface area (Å²) in [4.78, 5) is 14.6. The number of nitrogens with one attached hydrogen (secondary N) is 2. The minimum absolute atomic E-state index is 0.0188. The maximum absolute atomic E-state index is 12.3. The summed E-state index contributed by atoms with van der Waals surface area (Å²) in [7, 11) is 0. The van der Waals surface area contributed by atoms with Gasteiger partial charge in [-0.1, -0.05) is 36.4 Å². The number of hydrogen-bond acceptors (Lipinski definition) is 3. The number of amides is 1. The van der Waals surface area contributed by atoms with Crippen molar-refractivity contribution in [1.82, 2.24) is 15.5 Å². The van der Waals surface area contributed by atoms with E-state index in [4.69, 9.17) is 0 Å². The first-order valence-electron chi connectivity index (χ1n) is 8.36. The SMILES string of the molecule is CC(NC(=O)CN1CCNC[C@@H]1C)c1ccc2ccccc2c1. The van der Waals surface area contributed by atoms with E-state index in [-0.39, 0.29) is 11.9 Å². The first-order chi connectivity index (χ1) is 11.1. The van der Waals surface area contributed by atoms with Crippen molar-refractivity contribution < 1.29 is 4.79 Å². The van der Waals surface area contributed by atoms with Gasteiger partial charge in [-0.05, 0) is 36.2 Å². The minimum Gasteiger partial charge on any atom is -0.348 e. The molecule has 4 nitrogen and oxygen atoms in total. The number of hydrogen-bond donors (Lipinski definition) is 2. The minimum atomic E-state index is 0.0188. The van der Waals surface area contributed by atoms with Crippen LogP contribution in [0.2, 0.25) is 0 Å². The molecule has 2 aromatic rings. The fraction of sp³-hybridized carbons (Fsp3) is 0.421. The molecule has 1 heterocycles. The maximum Gasteiger partial charge on any atom is 0.234 e. The summed E-state index contributed by atoms with van der Waals surface area (Å²) in [5, 5.41) is 8.91. The molecule has 2 aromatic carbocycles. The Labute approximate surface area is 137 Å². The van der Waals surface area contributed by atoms with Crippen LogP contribution in [0.1, 0.15) is 25.5 Å². The molecule has 0 saturated carbocycles. The van der Waals surface area contributed by atoms with Crippen molar-refractivity contribution >= 4 is 16.7 Å². The molecule has 1 fully saturated rings. The van der Waals surface area contributed by atoms with Crippen molar-refractivity contribution in [3.8, 4) is 0 Å². The Morgan fingerprint density at radius 3 is 2.87 bits per heavy atom. The predicted octanol–water partition coefficient (Wildman–Crippen LogP) is 2.31. The number of carbonyl (C=O) groups is 1. The first-order valence-corrected chi connectivity index (χ1v) is 8.36. The van der Waals surface area contributed by atoms with Gasteiger partial charge in [0.25, 0.3) is 0 Å². The molecular weight excluding hydrogens is 286 g/mol. The highest BCUT2D eigenvalue weighted by Gasteiger charge is 2.21. The highest BCUT2D eigenvalue weighted by Crippen LogP contribution is 2.20. The summed E-state index contributed by atoms with van der Waals surface area (Å²) in [6, 6.07) is 15.1. The third kappa shape index (κ3) is 3.89. The van der Waals surface area contributed by atoms with Crippen molar-refractivity contribution in [3.63, 3.8) is 0 Å². The lowest BCUT2D eigenvalue weighted by Crippen LogP contribution is -2.52. The molecule has 1 aliphatic rings. The first kappa shape index (κ1) is 16.0. The zero-order valence-electron chi connectivity index (χ0n) is 13.9. The van der Waals surface area contributed by atoms with E-state index in [0.29, 0.717) is 12.6 Å². The molecule has 0 aliphatic carbocycles. The third-order valence-corrected chi connectivity index (χ3v) is 4.64. The predicted molar refractivity (Wildman–Crippen MR) is 94.4 cm³/mol. The van der Waals surface area contributed by atoms with Crippen LogP contribution in [0.4, 0.5) is 0 Å². The van der Waals surface area contributed by atoms with Crippen molar-refractivity contribution in [1.29, 1.82) is 0 Å². The lowest BCUT2D eigenvalue weighted by Gasteiger charge is -2.33. The van der Waals surface area contributed by atoms with Crippen molar-refractivity contribution in [3.05, 3.63) is 48.0 Å². The Kier molecular flexibility index (Phi) is 4.94. The standard InChI is InChI=1S/C19H25N3O/c1-14-12-20-9-10-22(14)13-19(23)21-15(2)17-8-7-16-5-3-4-6-18(16)11-17/h3-8,11,14-15,20H,9-10,12-13H2,1-2H3,(H,21,23)/t14-,15?/m0/s1. The summed E-state index contributed by atoms with van der Waals surface area (Å²) >= 11 is 0. The summed E-state index contributed by atoms with van der Waals surface area (Å²) in [5.74, 6) is 0.0967. The highest BCUT2D eigenvalue weighted by molar-refractivity contribution is 5.83. The zero-order valence-corrected chi connectivity index (χ0v) is 13.9. The van der Waals surface area contributed by atoms with Gasteiger partial charge in [0, 0.05) is 25.7 Å². The van der Waals surface area contributed by atoms with E-state index in [2.05, 4.69) is 52.8 Å². The molecule has 1 unspecified atom stereocenters. The van der Waals surface area contributed by atoms with Gasteiger partial charge < -0.3 is 10.6 Å². The van der Waals surface area contributed by atoms with E-state index < -0.39 is 0 Å². The number of piperazine rings is 1. The molecule has 1 aliphatic heterocycles. The van der Waals surface area contributed by atoms with Gasteiger partial charge in [-0.2, -0.15) is 0 Å². The van der Waals surface area contributed by atoms with Gasteiger partial charge in [0.05, 0.1) is 12.6 Å². The summed E-state index contributed by atoms with van der Waals surface area (Å²) in [6.45, 7) is 7.51. The van der Waals surface area contributed by atoms with Crippen LogP contribution in [0.25, 0.3) is 10.8 Å². The Balaban J connectivity index is 1.62. The molecule has 0 bridgehead atoms. The van der Waals surface area contributed by atoms with Gasteiger partial charge in [-0.25, -0.2) is 0 Å². The van der Waals surface area contributed by atoms with Crippen molar-refractivity contribution in [2.75, 3.05) is 26.2 Å². The number of fused-ring (bicyclic) bond motifs is 1. The monoisotopic (exact) mass is 311 g/mol. The van der Waals surface area contributed by atoms with E-state index >= 15 is 0 Å². The lowest BCUT2D eigenvalue weighted by atomic mass is 10.0. The number of rotatable bonds is 4. The van der Waals surface area contributed by atoms with Crippen LogP contribution in [0.3, 0.4) is 0 Å². The number of benzene rings is 2. The lowest BCUT2D eigenvalue weighted by molar-refractivity contribution is -0.123. The Hall–Kier alpha value is -1.91. The van der Waals surface area contributed by atoms with Gasteiger partial charge in [0.15, 0.2) is 0 Å². The zero-order chi connectivity index (χ0) is 16.2. The fourth-order valence-electron chi connectivity index (χ4n) is 3.15. The van der Waals surface area contributed by atoms with Gasteiger partial charge in [0.1, 0.15) is 0 Å². The van der Waals surface area contributed by atoms with Gasteiger partial charge in [-0.15, -0.1) is 0 Å². The molecule has 4 heteroatoms. The Morgan fingerprint density at radius 2 is 2.09 bits per heavy atom. The molecule has 1 saturated heterocycles. The van der Waals surface area contributed by atoms with Gasteiger partial charge >= 0.3 is 0 Å². The van der Waals surface area contributed by atoms with Crippen LogP contribution in [-0.4, -0.2) is 43.0 Å². The highest BCUT2D eigenvalue weighted by atomic mass is 16.2. The summed E-state index contributed by atoms with van der Waals surface area (Å²) in [6.07, 6.45) is 0. The Bertz CT molecular complexity index is 685. The van der Waals surface area contributed by atoms with E-state index in [9.17, 15) is 4.79 Å². The largest absolute Gasteiger partial charge is 0.348 e. The summed E-state index contributed by atoms with van der Waals surface area (Å²) < 4.78 is 0. The molecule has 2 N–H and O–H groups in total. The van der Waals surface area contributed by atoms with Crippen LogP contribution in [0, 0.1) is 0 Å². The van der Waals surface area contributed by atoms with Crippen LogP contribution < -0.4 is 10.6 Å². The van der Waals surface area contributed by atoms with Crippen LogP contribution >= 0.6 is 0 Å². The topological polar surface area (TPSA) is 44.4 Å². The van der Waals surface area contributed by atoms with E-state index in [1.807, 2.05) is 19.1 Å². The van der Waals surface area contributed by atoms with E-state index in [1.54, 1.807) is 0 Å². The molecular formula is C19H25N3O. The molecule has 1 amide bonds. The van der Waals surface area contributed by atoms with Crippen LogP contribution in [-0.2, 0) is 4.79 Å². The second kappa shape index (κ2) is 7.11. The molecule has 3 rings (SSSR count). The average molecular weight is 311 g/mol. The second-order valence-corrected chi connectivity index (χ2v) is 6.42. The molecule has 122 valence electrons. The van der Waals surface area contributed by atoms with Crippen LogP contribution in [0.15, 0.2) is 42.5 Å². The maximum atomic E-state index is 12.3. The number of carbonyl (C=O) groups excluding carboxylic acids is 1. The molecule has 0 aromatic heterocycles. The molecule has 2 atom stereocenters. The molecule has 0 spiro atoms. The third-order valence-electron chi connectivity index (χ3n) is 4.64. The fourth-order valence-corrected chi connectivity index (χ4v) is 3.15.